The van der Waals surface area contributed by atoms with Crippen molar-refractivity contribution in [1.82, 2.24) is 4.90 Å². The lowest BCUT2D eigenvalue weighted by Gasteiger charge is -2.38. The van der Waals surface area contributed by atoms with Gasteiger partial charge in [-0.3, -0.25) is 4.79 Å². The molecule has 1 unspecified atom stereocenters. The fraction of sp³-hybridized carbons (Fsp3) is 0.923. The maximum absolute atomic E-state index is 11.7. The molecule has 1 atom stereocenters. The molecule has 106 valence electrons. The highest BCUT2D eigenvalue weighted by Crippen LogP contribution is 2.37. The van der Waals surface area contributed by atoms with Crippen LogP contribution in [0.4, 0.5) is 0 Å². The van der Waals surface area contributed by atoms with Crippen LogP contribution in [0, 0.1) is 0 Å². The van der Waals surface area contributed by atoms with Crippen molar-refractivity contribution in [3.63, 3.8) is 0 Å². The van der Waals surface area contributed by atoms with Gasteiger partial charge in [0.1, 0.15) is 0 Å². The van der Waals surface area contributed by atoms with Gasteiger partial charge >= 0.3 is 0 Å². The van der Waals surface area contributed by atoms with Gasteiger partial charge in [0, 0.05) is 19.5 Å². The Balaban J connectivity index is 2.55. The normalized spacial score (nSPS) is 21.8. The lowest BCUT2D eigenvalue weighted by atomic mass is 10.2. The molecular weight excluding hydrogens is 244 g/mol. The van der Waals surface area contributed by atoms with Gasteiger partial charge in [0.15, 0.2) is 8.32 Å². The molecule has 0 radical (unpaired) electrons. The molecule has 1 rings (SSSR count). The molecule has 0 spiro atoms. The molecule has 0 bridgehead atoms. The Labute approximate surface area is 112 Å². The minimum Gasteiger partial charge on any atom is -0.415 e. The molecule has 0 aromatic carbocycles. The summed E-state index contributed by atoms with van der Waals surface area (Å²) in [6.45, 7) is 13.0. The van der Waals surface area contributed by atoms with E-state index >= 15 is 0 Å². The maximum atomic E-state index is 11.7. The van der Waals surface area contributed by atoms with Crippen LogP contribution in [0.15, 0.2) is 0 Å². The highest BCUT2D eigenvalue weighted by molar-refractivity contribution is 6.74. The summed E-state index contributed by atoms with van der Waals surface area (Å²) in [4.78, 5) is 13.6. The van der Waals surface area contributed by atoms with Crippen molar-refractivity contribution >= 4 is 14.2 Å². The topological polar surface area (TPSA) is 55.6 Å². The second kappa shape index (κ2) is 5.71. The molecule has 0 aromatic rings. The number of nitrogens with zero attached hydrogens (tertiary/aromatic N) is 1. The van der Waals surface area contributed by atoms with Crippen LogP contribution in [0.5, 0.6) is 0 Å². The van der Waals surface area contributed by atoms with E-state index in [1.165, 1.54) is 0 Å². The second-order valence-electron chi connectivity index (χ2n) is 6.64. The van der Waals surface area contributed by atoms with Crippen LogP contribution in [0.25, 0.3) is 0 Å². The van der Waals surface area contributed by atoms with Crippen molar-refractivity contribution in [2.24, 2.45) is 5.73 Å². The minimum atomic E-state index is -1.72. The summed E-state index contributed by atoms with van der Waals surface area (Å²) < 4.78 is 6.21. The predicted octanol–water partition coefficient (Wildman–Crippen LogP) is 1.96. The molecule has 1 fully saturated rings. The van der Waals surface area contributed by atoms with Crippen molar-refractivity contribution in [1.29, 1.82) is 0 Å². The van der Waals surface area contributed by atoms with Crippen LogP contribution < -0.4 is 5.73 Å². The van der Waals surface area contributed by atoms with Crippen molar-refractivity contribution in [3.8, 4) is 0 Å². The lowest BCUT2D eigenvalue weighted by molar-refractivity contribution is -0.129. The van der Waals surface area contributed by atoms with Gasteiger partial charge in [-0.1, -0.05) is 20.8 Å². The van der Waals surface area contributed by atoms with Gasteiger partial charge in [-0.05, 0) is 24.6 Å². The van der Waals surface area contributed by atoms with E-state index in [-0.39, 0.29) is 17.0 Å². The van der Waals surface area contributed by atoms with Gasteiger partial charge < -0.3 is 15.1 Å². The molecular formula is C13H28N2O2Si. The van der Waals surface area contributed by atoms with E-state index in [2.05, 4.69) is 33.9 Å². The number of likely N-dealkylation sites (tertiary alicyclic amines) is 1. The van der Waals surface area contributed by atoms with Crippen LogP contribution in [-0.4, -0.2) is 44.9 Å². The third kappa shape index (κ3) is 3.55. The van der Waals surface area contributed by atoms with Gasteiger partial charge in [0.25, 0.3) is 0 Å². The van der Waals surface area contributed by atoms with Crippen molar-refractivity contribution in [2.75, 3.05) is 19.7 Å². The molecule has 1 amide bonds. The molecule has 0 aromatic heterocycles. The molecule has 1 heterocycles. The van der Waals surface area contributed by atoms with Gasteiger partial charge in [-0.15, -0.1) is 0 Å². The first kappa shape index (κ1) is 15.7. The van der Waals surface area contributed by atoms with Gasteiger partial charge in [0.2, 0.25) is 5.91 Å². The number of rotatable bonds is 5. The number of amides is 1. The van der Waals surface area contributed by atoms with Crippen LogP contribution in [0.1, 0.15) is 33.6 Å². The summed E-state index contributed by atoms with van der Waals surface area (Å²) in [5, 5.41) is 0.217. The first-order valence-electron chi connectivity index (χ1n) is 6.82. The van der Waals surface area contributed by atoms with Crippen LogP contribution in [-0.2, 0) is 9.22 Å². The van der Waals surface area contributed by atoms with Crippen LogP contribution in [0.3, 0.4) is 0 Å². The van der Waals surface area contributed by atoms with E-state index < -0.39 is 8.32 Å². The van der Waals surface area contributed by atoms with Gasteiger partial charge in [-0.25, -0.2) is 0 Å². The van der Waals surface area contributed by atoms with Gasteiger partial charge in [0.05, 0.1) is 12.6 Å². The average molecular weight is 272 g/mol. The standard InChI is InChI=1S/C13H28N2O2Si/c1-13(2,3)18(4,5)17-10-11-6-7-12(16)15(11)9-8-14/h11H,6-10,14H2,1-5H3. The monoisotopic (exact) mass is 272 g/mol. The first-order chi connectivity index (χ1) is 8.19. The summed E-state index contributed by atoms with van der Waals surface area (Å²) in [5.74, 6) is 0.226. The zero-order chi connectivity index (χ0) is 14.0. The first-order valence-corrected chi connectivity index (χ1v) is 9.73. The Morgan fingerprint density at radius 1 is 1.44 bits per heavy atom. The van der Waals surface area contributed by atoms with Crippen molar-refractivity contribution in [2.45, 2.75) is 57.8 Å². The fourth-order valence-electron chi connectivity index (χ4n) is 1.93. The average Bonchev–Trinajstić information content (AvgIpc) is 2.57. The summed E-state index contributed by atoms with van der Waals surface area (Å²) in [5.41, 5.74) is 5.56. The number of carbonyl (C=O) groups is 1. The van der Waals surface area contributed by atoms with Gasteiger partial charge in [-0.2, -0.15) is 0 Å². The molecule has 5 heteroatoms. The molecule has 0 aliphatic carbocycles. The third-order valence-corrected chi connectivity index (χ3v) is 8.77. The number of hydrogen-bond acceptors (Lipinski definition) is 3. The zero-order valence-electron chi connectivity index (χ0n) is 12.5. The quantitative estimate of drug-likeness (QED) is 0.778. The molecule has 1 aliphatic rings. The lowest BCUT2D eigenvalue weighted by Crippen LogP contribution is -2.46. The Bertz CT molecular complexity index is 300. The number of nitrogens with two attached hydrogens (primary N) is 1. The molecule has 1 saturated heterocycles. The Hall–Kier alpha value is -0.393. The summed E-state index contributed by atoms with van der Waals surface area (Å²) in [6, 6.07) is 0.232. The van der Waals surface area contributed by atoms with E-state index in [0.717, 1.165) is 6.42 Å². The smallest absolute Gasteiger partial charge is 0.223 e. The fourth-order valence-corrected chi connectivity index (χ4v) is 2.98. The van der Waals surface area contributed by atoms with E-state index in [4.69, 9.17) is 10.2 Å². The maximum Gasteiger partial charge on any atom is 0.223 e. The minimum absolute atomic E-state index is 0.217. The molecule has 4 nitrogen and oxygen atoms in total. The molecule has 0 saturated carbocycles. The zero-order valence-corrected chi connectivity index (χ0v) is 13.5. The Morgan fingerprint density at radius 3 is 2.56 bits per heavy atom. The molecule has 2 N–H and O–H groups in total. The predicted molar refractivity (Wildman–Crippen MR) is 76.9 cm³/mol. The highest BCUT2D eigenvalue weighted by Gasteiger charge is 2.39. The summed E-state index contributed by atoms with van der Waals surface area (Å²) >= 11 is 0. The van der Waals surface area contributed by atoms with Crippen LogP contribution >= 0.6 is 0 Å². The Kier molecular flexibility index (Phi) is 4.97. The van der Waals surface area contributed by atoms with Crippen LogP contribution in [0.2, 0.25) is 18.1 Å². The van der Waals surface area contributed by atoms with Crippen molar-refractivity contribution < 1.29 is 9.22 Å². The SMILES string of the molecule is CC(C)(C)[Si](C)(C)OCC1CCC(=O)N1CCN. The summed E-state index contributed by atoms with van der Waals surface area (Å²) in [6.07, 6.45) is 1.55. The molecule has 1 aliphatic heterocycles. The second-order valence-corrected chi connectivity index (χ2v) is 11.4. The summed E-state index contributed by atoms with van der Waals surface area (Å²) in [7, 11) is -1.72. The number of carbonyl (C=O) groups excluding carboxylic acids is 1. The van der Waals surface area contributed by atoms with E-state index in [9.17, 15) is 4.79 Å². The Morgan fingerprint density at radius 2 is 2.06 bits per heavy atom. The molecule has 18 heavy (non-hydrogen) atoms. The van der Waals surface area contributed by atoms with E-state index in [0.29, 0.717) is 26.1 Å². The third-order valence-electron chi connectivity index (χ3n) is 4.27. The van der Waals surface area contributed by atoms with E-state index in [1.54, 1.807) is 0 Å². The van der Waals surface area contributed by atoms with E-state index in [1.807, 2.05) is 4.90 Å². The highest BCUT2D eigenvalue weighted by atomic mass is 28.4. The largest absolute Gasteiger partial charge is 0.415 e. The number of hydrogen-bond donors (Lipinski definition) is 1. The van der Waals surface area contributed by atoms with Crippen molar-refractivity contribution in [3.05, 3.63) is 0 Å².